The van der Waals surface area contributed by atoms with Gasteiger partial charge in [0.1, 0.15) is 18.0 Å². The molecule has 1 heterocycles. The van der Waals surface area contributed by atoms with Gasteiger partial charge in [-0.2, -0.15) is 0 Å². The zero-order valence-corrected chi connectivity index (χ0v) is 18.9. The van der Waals surface area contributed by atoms with Gasteiger partial charge in [-0.1, -0.05) is 66.7 Å². The number of aromatic nitrogens is 2. The topological polar surface area (TPSA) is 44.1 Å². The smallest absolute Gasteiger partial charge is 0.326 e. The Morgan fingerprint density at radius 1 is 0.818 bits per heavy atom. The summed E-state index contributed by atoms with van der Waals surface area (Å²) >= 11 is 0. The van der Waals surface area contributed by atoms with Crippen LogP contribution in [0.25, 0.3) is 54.7 Å². The molecule has 0 saturated carbocycles. The van der Waals surface area contributed by atoms with E-state index in [4.69, 9.17) is 9.72 Å². The number of hydrogen-bond acceptors (Lipinski definition) is 3. The summed E-state index contributed by atoms with van der Waals surface area (Å²) in [5.74, 6) is 0.504. The van der Waals surface area contributed by atoms with Crippen molar-refractivity contribution in [2.45, 2.75) is 32.9 Å². The second-order valence-electron chi connectivity index (χ2n) is 9.57. The molecule has 5 aromatic carbocycles. The molecule has 0 bridgehead atoms. The number of benzene rings is 5. The largest absolute Gasteiger partial charge is 0.459 e. The summed E-state index contributed by atoms with van der Waals surface area (Å²) in [5.41, 5.74) is 2.26. The number of nitrogens with zero attached hydrogens (tertiary/aromatic N) is 2. The molecule has 4 nitrogen and oxygen atoms in total. The fourth-order valence-electron chi connectivity index (χ4n) is 4.87. The number of rotatable bonds is 3. The van der Waals surface area contributed by atoms with Crippen LogP contribution in [0.15, 0.2) is 78.9 Å². The number of hydrogen-bond donors (Lipinski definition) is 0. The third-order valence-corrected chi connectivity index (χ3v) is 6.13. The van der Waals surface area contributed by atoms with Gasteiger partial charge >= 0.3 is 5.97 Å². The van der Waals surface area contributed by atoms with Crippen molar-refractivity contribution in [2.24, 2.45) is 0 Å². The second-order valence-corrected chi connectivity index (χ2v) is 9.57. The van der Waals surface area contributed by atoms with E-state index in [2.05, 4.69) is 54.6 Å². The summed E-state index contributed by atoms with van der Waals surface area (Å²) in [7, 11) is 0. The molecule has 0 unspecified atom stereocenters. The lowest BCUT2D eigenvalue weighted by Crippen LogP contribution is -2.26. The fourth-order valence-corrected chi connectivity index (χ4v) is 4.87. The van der Waals surface area contributed by atoms with Gasteiger partial charge in [-0.05, 0) is 65.2 Å². The average molecular weight is 433 g/mol. The molecular formula is C29H24N2O2. The molecule has 6 rings (SSSR count). The van der Waals surface area contributed by atoms with E-state index in [-0.39, 0.29) is 12.5 Å². The minimum Gasteiger partial charge on any atom is -0.459 e. The molecule has 0 fully saturated rings. The molecule has 0 atom stereocenters. The molecule has 0 aliphatic rings. The van der Waals surface area contributed by atoms with Crippen molar-refractivity contribution in [2.75, 3.05) is 0 Å². The van der Waals surface area contributed by atoms with Crippen molar-refractivity contribution >= 4 is 49.3 Å². The third-order valence-electron chi connectivity index (χ3n) is 6.13. The van der Waals surface area contributed by atoms with Crippen LogP contribution in [0.3, 0.4) is 0 Å². The SMILES string of the molecule is CC(C)(C)OC(=O)Cn1c(-c2ccc3ccc4cccc5ccc2c3c45)nc2ccccc21. The van der Waals surface area contributed by atoms with Gasteiger partial charge in [0.2, 0.25) is 0 Å². The minimum absolute atomic E-state index is 0.106. The Balaban J connectivity index is 1.62. The van der Waals surface area contributed by atoms with Crippen LogP contribution in [0.2, 0.25) is 0 Å². The van der Waals surface area contributed by atoms with Gasteiger partial charge < -0.3 is 9.30 Å². The van der Waals surface area contributed by atoms with Gasteiger partial charge in [0.05, 0.1) is 11.0 Å². The molecule has 33 heavy (non-hydrogen) atoms. The lowest BCUT2D eigenvalue weighted by Gasteiger charge is -2.20. The molecule has 1 aromatic heterocycles. The maximum absolute atomic E-state index is 12.8. The van der Waals surface area contributed by atoms with Crippen LogP contribution in [0.5, 0.6) is 0 Å². The molecule has 0 aliphatic heterocycles. The Morgan fingerprint density at radius 3 is 2.24 bits per heavy atom. The van der Waals surface area contributed by atoms with Crippen molar-refractivity contribution in [3.05, 3.63) is 78.9 Å². The van der Waals surface area contributed by atoms with Gasteiger partial charge in [-0.3, -0.25) is 4.79 Å². The quantitative estimate of drug-likeness (QED) is 0.225. The zero-order valence-electron chi connectivity index (χ0n) is 18.9. The average Bonchev–Trinajstić information content (AvgIpc) is 3.14. The summed E-state index contributed by atoms with van der Waals surface area (Å²) in [6.07, 6.45) is 0. The van der Waals surface area contributed by atoms with E-state index in [9.17, 15) is 4.79 Å². The van der Waals surface area contributed by atoms with E-state index in [1.165, 1.54) is 26.9 Å². The van der Waals surface area contributed by atoms with Crippen molar-refractivity contribution in [1.29, 1.82) is 0 Å². The van der Waals surface area contributed by atoms with E-state index in [1.54, 1.807) is 0 Å². The summed E-state index contributed by atoms with van der Waals surface area (Å²) < 4.78 is 7.62. The Morgan fingerprint density at radius 2 is 1.48 bits per heavy atom. The number of carbonyl (C=O) groups is 1. The summed E-state index contributed by atoms with van der Waals surface area (Å²) in [6, 6.07) is 27.3. The number of imidazole rings is 1. The van der Waals surface area contributed by atoms with Crippen LogP contribution in [0.1, 0.15) is 20.8 Å². The Hall–Kier alpha value is -3.92. The highest BCUT2D eigenvalue weighted by molar-refractivity contribution is 6.25. The first kappa shape index (κ1) is 19.7. The highest BCUT2D eigenvalue weighted by Crippen LogP contribution is 2.39. The summed E-state index contributed by atoms with van der Waals surface area (Å²) in [6.45, 7) is 5.77. The third kappa shape index (κ3) is 3.21. The van der Waals surface area contributed by atoms with E-state index < -0.39 is 5.60 Å². The van der Waals surface area contributed by atoms with Gasteiger partial charge in [-0.25, -0.2) is 4.98 Å². The normalized spacial score (nSPS) is 12.3. The predicted octanol–water partition coefficient (Wildman–Crippen LogP) is 6.94. The van der Waals surface area contributed by atoms with Crippen LogP contribution >= 0.6 is 0 Å². The van der Waals surface area contributed by atoms with Gasteiger partial charge in [0.15, 0.2) is 0 Å². The second kappa shape index (κ2) is 7.04. The predicted molar refractivity (Wildman–Crippen MR) is 135 cm³/mol. The zero-order chi connectivity index (χ0) is 22.7. The Kier molecular flexibility index (Phi) is 4.21. The van der Waals surface area contributed by atoms with E-state index in [0.717, 1.165) is 27.8 Å². The maximum Gasteiger partial charge on any atom is 0.326 e. The van der Waals surface area contributed by atoms with Crippen LogP contribution in [0.4, 0.5) is 0 Å². The van der Waals surface area contributed by atoms with Crippen LogP contribution in [0, 0.1) is 0 Å². The number of para-hydroxylation sites is 2. The van der Waals surface area contributed by atoms with Crippen molar-refractivity contribution in [3.8, 4) is 11.4 Å². The summed E-state index contributed by atoms with van der Waals surface area (Å²) in [5, 5.41) is 7.29. The Labute approximate surface area is 191 Å². The van der Waals surface area contributed by atoms with Gasteiger partial charge in [0.25, 0.3) is 0 Å². The fraction of sp³-hybridized carbons (Fsp3) is 0.172. The number of ether oxygens (including phenoxy) is 1. The van der Waals surface area contributed by atoms with Crippen LogP contribution < -0.4 is 0 Å². The van der Waals surface area contributed by atoms with Crippen molar-refractivity contribution < 1.29 is 9.53 Å². The van der Waals surface area contributed by atoms with E-state index >= 15 is 0 Å². The first-order chi connectivity index (χ1) is 15.9. The lowest BCUT2D eigenvalue weighted by molar-refractivity contribution is -0.155. The molecule has 162 valence electrons. The summed E-state index contributed by atoms with van der Waals surface area (Å²) in [4.78, 5) is 17.8. The molecule has 0 saturated heterocycles. The first-order valence-electron chi connectivity index (χ1n) is 11.2. The molecule has 0 radical (unpaired) electrons. The monoisotopic (exact) mass is 432 g/mol. The molecule has 4 heteroatoms. The molecular weight excluding hydrogens is 408 g/mol. The molecule has 0 aliphatic carbocycles. The highest BCUT2D eigenvalue weighted by atomic mass is 16.6. The van der Waals surface area contributed by atoms with Crippen LogP contribution in [-0.4, -0.2) is 21.1 Å². The maximum atomic E-state index is 12.8. The van der Waals surface area contributed by atoms with Crippen LogP contribution in [-0.2, 0) is 16.1 Å². The molecule has 0 spiro atoms. The van der Waals surface area contributed by atoms with Gasteiger partial charge in [0, 0.05) is 5.56 Å². The number of fused-ring (bicyclic) bond motifs is 1. The Bertz CT molecular complexity index is 1650. The standard InChI is InChI=1S/C29H24N2O2/c1-29(2,3)33-25(32)17-31-24-10-5-4-9-23(24)30-28(31)22-16-14-20-12-11-18-7-6-8-19-13-15-21(22)27(20)26(18)19/h4-16H,17H2,1-3H3. The minimum atomic E-state index is -0.541. The van der Waals surface area contributed by atoms with E-state index in [1.807, 2.05) is 49.6 Å². The lowest BCUT2D eigenvalue weighted by atomic mass is 9.92. The molecule has 0 amide bonds. The number of carbonyl (C=O) groups excluding carboxylic acids is 1. The molecule has 6 aromatic rings. The van der Waals surface area contributed by atoms with Crippen molar-refractivity contribution in [1.82, 2.24) is 9.55 Å². The van der Waals surface area contributed by atoms with Gasteiger partial charge in [-0.15, -0.1) is 0 Å². The van der Waals surface area contributed by atoms with E-state index in [0.29, 0.717) is 0 Å². The highest BCUT2D eigenvalue weighted by Gasteiger charge is 2.22. The first-order valence-corrected chi connectivity index (χ1v) is 11.2. The van der Waals surface area contributed by atoms with Crippen molar-refractivity contribution in [3.63, 3.8) is 0 Å². The molecule has 0 N–H and O–H groups in total. The number of esters is 1.